The molecule has 24 heavy (non-hydrogen) atoms. The minimum atomic E-state index is -0.915. The molecular formula is C20H22N2O2. The number of hydrogen-bond acceptors (Lipinski definition) is 3. The summed E-state index contributed by atoms with van der Waals surface area (Å²) in [6, 6.07) is 18.5. The number of benzene rings is 2. The lowest BCUT2D eigenvalue weighted by Crippen LogP contribution is -2.46. The number of carboxylic acids is 1. The molecule has 0 amide bonds. The fourth-order valence-corrected chi connectivity index (χ4v) is 3.05. The smallest absolute Gasteiger partial charge is 0.328 e. The molecule has 2 aromatic rings. The molecule has 0 aromatic heterocycles. The normalized spacial score (nSPS) is 15.8. The van der Waals surface area contributed by atoms with Crippen molar-refractivity contribution in [2.45, 2.75) is 6.54 Å². The van der Waals surface area contributed by atoms with Crippen molar-refractivity contribution in [1.29, 1.82) is 0 Å². The number of para-hydroxylation sites is 1. The van der Waals surface area contributed by atoms with E-state index in [-0.39, 0.29) is 0 Å². The molecule has 2 aromatic carbocycles. The summed E-state index contributed by atoms with van der Waals surface area (Å²) >= 11 is 0. The Hall–Kier alpha value is -2.59. The Bertz CT molecular complexity index is 705. The van der Waals surface area contributed by atoms with Crippen molar-refractivity contribution in [1.82, 2.24) is 4.90 Å². The molecule has 0 spiro atoms. The van der Waals surface area contributed by atoms with E-state index in [9.17, 15) is 4.79 Å². The number of hydrogen-bond donors (Lipinski definition) is 1. The van der Waals surface area contributed by atoms with Gasteiger partial charge >= 0.3 is 5.97 Å². The van der Waals surface area contributed by atoms with Crippen LogP contribution in [0.1, 0.15) is 11.1 Å². The molecule has 1 saturated heterocycles. The first-order valence-corrected chi connectivity index (χ1v) is 8.23. The maximum Gasteiger partial charge on any atom is 0.328 e. The second-order valence-corrected chi connectivity index (χ2v) is 5.97. The van der Waals surface area contributed by atoms with E-state index < -0.39 is 5.97 Å². The van der Waals surface area contributed by atoms with Crippen molar-refractivity contribution in [3.05, 3.63) is 71.8 Å². The molecule has 0 atom stereocenters. The van der Waals surface area contributed by atoms with Gasteiger partial charge in [-0.05, 0) is 29.3 Å². The van der Waals surface area contributed by atoms with E-state index in [1.54, 1.807) is 6.08 Å². The first kappa shape index (κ1) is 16.3. The van der Waals surface area contributed by atoms with Crippen molar-refractivity contribution in [3.63, 3.8) is 0 Å². The van der Waals surface area contributed by atoms with Gasteiger partial charge in [-0.2, -0.15) is 0 Å². The Balaban J connectivity index is 1.61. The topological polar surface area (TPSA) is 43.8 Å². The maximum atomic E-state index is 10.7. The van der Waals surface area contributed by atoms with E-state index in [0.29, 0.717) is 0 Å². The number of piperazine rings is 1. The lowest BCUT2D eigenvalue weighted by Gasteiger charge is -2.36. The third-order valence-electron chi connectivity index (χ3n) is 4.35. The number of aliphatic carboxylic acids is 1. The van der Waals surface area contributed by atoms with E-state index in [1.165, 1.54) is 17.3 Å². The Labute approximate surface area is 142 Å². The highest BCUT2D eigenvalue weighted by atomic mass is 16.4. The zero-order chi connectivity index (χ0) is 16.8. The summed E-state index contributed by atoms with van der Waals surface area (Å²) in [5, 5.41) is 8.82. The summed E-state index contributed by atoms with van der Waals surface area (Å²) < 4.78 is 0. The Morgan fingerprint density at radius 1 is 0.958 bits per heavy atom. The summed E-state index contributed by atoms with van der Waals surface area (Å²) in [7, 11) is 0. The molecule has 0 radical (unpaired) electrons. The molecule has 3 rings (SSSR count). The standard InChI is InChI=1S/C20H22N2O2/c23-20(24)11-10-17-6-4-5-7-18(17)16-21-12-14-22(15-13-21)19-8-2-1-3-9-19/h1-11H,12-16H2,(H,23,24). The average molecular weight is 322 g/mol. The third kappa shape index (κ3) is 4.24. The fraction of sp³-hybridized carbons (Fsp3) is 0.250. The van der Waals surface area contributed by atoms with Crippen molar-refractivity contribution in [3.8, 4) is 0 Å². The molecule has 1 aliphatic heterocycles. The molecule has 1 aliphatic rings. The second kappa shape index (κ2) is 7.79. The van der Waals surface area contributed by atoms with Crippen LogP contribution < -0.4 is 4.90 Å². The summed E-state index contributed by atoms with van der Waals surface area (Å²) in [4.78, 5) is 15.6. The Kier molecular flexibility index (Phi) is 5.29. The molecular weight excluding hydrogens is 300 g/mol. The highest BCUT2D eigenvalue weighted by Crippen LogP contribution is 2.18. The van der Waals surface area contributed by atoms with Gasteiger partial charge in [0.1, 0.15) is 0 Å². The number of rotatable bonds is 5. The van der Waals surface area contributed by atoms with Crippen LogP contribution in [-0.2, 0) is 11.3 Å². The zero-order valence-electron chi connectivity index (χ0n) is 13.6. The molecule has 1 N–H and O–H groups in total. The van der Waals surface area contributed by atoms with Crippen LogP contribution in [0.25, 0.3) is 6.08 Å². The molecule has 0 aliphatic carbocycles. The fourth-order valence-electron chi connectivity index (χ4n) is 3.05. The van der Waals surface area contributed by atoms with Crippen molar-refractivity contribution in [2.75, 3.05) is 31.1 Å². The molecule has 0 unspecified atom stereocenters. The van der Waals surface area contributed by atoms with Gasteiger partial charge in [0.15, 0.2) is 0 Å². The molecule has 1 fully saturated rings. The van der Waals surface area contributed by atoms with Crippen molar-refractivity contribution >= 4 is 17.7 Å². The number of anilines is 1. The van der Waals surface area contributed by atoms with Gasteiger partial charge in [0.05, 0.1) is 0 Å². The largest absolute Gasteiger partial charge is 0.478 e. The summed E-state index contributed by atoms with van der Waals surface area (Å²) in [6.07, 6.45) is 2.88. The molecule has 1 heterocycles. The van der Waals surface area contributed by atoms with E-state index in [2.05, 4.69) is 40.1 Å². The highest BCUT2D eigenvalue weighted by molar-refractivity contribution is 5.85. The minimum absolute atomic E-state index is 0.850. The lowest BCUT2D eigenvalue weighted by molar-refractivity contribution is -0.131. The minimum Gasteiger partial charge on any atom is -0.478 e. The van der Waals surface area contributed by atoms with Gasteiger partial charge in [0, 0.05) is 44.5 Å². The van der Waals surface area contributed by atoms with Gasteiger partial charge in [0.2, 0.25) is 0 Å². The monoisotopic (exact) mass is 322 g/mol. The molecule has 0 bridgehead atoms. The van der Waals surface area contributed by atoms with Crippen LogP contribution in [0.4, 0.5) is 5.69 Å². The summed E-state index contributed by atoms with van der Waals surface area (Å²) in [5.41, 5.74) is 3.43. The quantitative estimate of drug-likeness (QED) is 0.859. The van der Waals surface area contributed by atoms with Gasteiger partial charge < -0.3 is 10.0 Å². The Morgan fingerprint density at radius 2 is 1.62 bits per heavy atom. The number of carboxylic acid groups (broad SMARTS) is 1. The summed E-state index contributed by atoms with van der Waals surface area (Å²) in [5.74, 6) is -0.915. The maximum absolute atomic E-state index is 10.7. The highest BCUT2D eigenvalue weighted by Gasteiger charge is 2.17. The summed E-state index contributed by atoms with van der Waals surface area (Å²) in [6.45, 7) is 4.88. The number of nitrogens with zero attached hydrogens (tertiary/aromatic N) is 2. The second-order valence-electron chi connectivity index (χ2n) is 5.97. The van der Waals surface area contributed by atoms with Crippen LogP contribution >= 0.6 is 0 Å². The molecule has 0 saturated carbocycles. The van der Waals surface area contributed by atoms with Crippen molar-refractivity contribution in [2.24, 2.45) is 0 Å². The van der Waals surface area contributed by atoms with E-state index in [1.807, 2.05) is 24.3 Å². The van der Waals surface area contributed by atoms with Gasteiger partial charge in [-0.1, -0.05) is 42.5 Å². The van der Waals surface area contributed by atoms with Crippen LogP contribution in [0.5, 0.6) is 0 Å². The molecule has 4 heteroatoms. The van der Waals surface area contributed by atoms with Crippen LogP contribution in [0.2, 0.25) is 0 Å². The SMILES string of the molecule is O=C(O)C=Cc1ccccc1CN1CCN(c2ccccc2)CC1. The van der Waals surface area contributed by atoms with Gasteiger partial charge in [-0.15, -0.1) is 0 Å². The van der Waals surface area contributed by atoms with E-state index in [0.717, 1.165) is 38.3 Å². The van der Waals surface area contributed by atoms with E-state index >= 15 is 0 Å². The van der Waals surface area contributed by atoms with Crippen LogP contribution in [0.15, 0.2) is 60.7 Å². The van der Waals surface area contributed by atoms with Gasteiger partial charge in [-0.3, -0.25) is 4.90 Å². The predicted molar refractivity (Wildman–Crippen MR) is 97.0 cm³/mol. The third-order valence-corrected chi connectivity index (χ3v) is 4.35. The molecule has 124 valence electrons. The first-order valence-electron chi connectivity index (χ1n) is 8.23. The zero-order valence-corrected chi connectivity index (χ0v) is 13.6. The lowest BCUT2D eigenvalue weighted by atomic mass is 10.1. The van der Waals surface area contributed by atoms with Crippen LogP contribution in [0.3, 0.4) is 0 Å². The Morgan fingerprint density at radius 3 is 2.33 bits per heavy atom. The van der Waals surface area contributed by atoms with Gasteiger partial charge in [-0.25, -0.2) is 4.79 Å². The van der Waals surface area contributed by atoms with E-state index in [4.69, 9.17) is 5.11 Å². The van der Waals surface area contributed by atoms with Crippen LogP contribution in [0, 0.1) is 0 Å². The average Bonchev–Trinajstić information content (AvgIpc) is 2.62. The van der Waals surface area contributed by atoms with Crippen molar-refractivity contribution < 1.29 is 9.90 Å². The van der Waals surface area contributed by atoms with Gasteiger partial charge in [0.25, 0.3) is 0 Å². The number of carbonyl (C=O) groups is 1. The van der Waals surface area contributed by atoms with Crippen LogP contribution in [-0.4, -0.2) is 42.2 Å². The first-order chi connectivity index (χ1) is 11.7. The molecule has 4 nitrogen and oxygen atoms in total. The predicted octanol–water partition coefficient (Wildman–Crippen LogP) is 3.11.